The van der Waals surface area contributed by atoms with Crippen LogP contribution in [0, 0.1) is 58.7 Å². The van der Waals surface area contributed by atoms with Gasteiger partial charge in [-0.2, -0.15) is 0 Å². The van der Waals surface area contributed by atoms with E-state index in [0.29, 0.717) is 35.5 Å². The van der Waals surface area contributed by atoms with Crippen LogP contribution in [0.1, 0.15) is 72.6 Å². The van der Waals surface area contributed by atoms with Gasteiger partial charge >= 0.3 is 5.97 Å². The number of fused-ring (bicyclic) bond motifs is 5. The van der Waals surface area contributed by atoms with Gasteiger partial charge in [0, 0.05) is 0 Å². The lowest BCUT2D eigenvalue weighted by Crippen LogP contribution is -2.61. The Morgan fingerprint density at radius 1 is 1.11 bits per heavy atom. The molecule has 0 bridgehead atoms. The summed E-state index contributed by atoms with van der Waals surface area (Å²) in [4.78, 5) is 11.7. The van der Waals surface area contributed by atoms with Crippen molar-refractivity contribution in [1.82, 2.24) is 0 Å². The molecule has 0 spiro atoms. The van der Waals surface area contributed by atoms with Gasteiger partial charge in [-0.1, -0.05) is 34.1 Å². The molecular weight excluding hydrogens is 352 g/mol. The Balaban J connectivity index is 1.69. The fraction of sp³-hybridized carbons (Fsp3) is 0.958. The number of hydrogen-bond acceptors (Lipinski definition) is 3. The number of carboxylic acids is 1. The second-order valence-electron chi connectivity index (χ2n) is 11.1. The Morgan fingerprint density at radius 2 is 1.82 bits per heavy atom. The molecule has 4 aliphatic rings. The van der Waals surface area contributed by atoms with E-state index in [1.165, 1.54) is 0 Å². The predicted octanol–water partition coefficient (Wildman–Crippen LogP) is 4.19. The van der Waals surface area contributed by atoms with Gasteiger partial charge in [0.1, 0.15) is 0 Å². The van der Waals surface area contributed by atoms with Crippen LogP contribution in [0.25, 0.3) is 0 Å². The molecule has 4 saturated carbocycles. The molecule has 12 atom stereocenters. The van der Waals surface area contributed by atoms with Crippen LogP contribution < -0.4 is 0 Å². The van der Waals surface area contributed by atoms with Crippen LogP contribution >= 0.6 is 0 Å². The molecule has 0 saturated heterocycles. The molecule has 4 aliphatic carbocycles. The Hall–Kier alpha value is -0.610. The molecule has 0 aromatic carbocycles. The predicted molar refractivity (Wildman–Crippen MR) is 109 cm³/mol. The number of rotatable bonds is 3. The van der Waals surface area contributed by atoms with Crippen LogP contribution in [-0.2, 0) is 4.79 Å². The Kier molecular flexibility index (Phi) is 5.36. The highest BCUT2D eigenvalue weighted by molar-refractivity contribution is 5.70. The standard InChI is InChI=1S/C24H40O4/c1-5-15-18-11-14(25)8-9-24(18,4)19-10-12(2)20-16(13(3)23(27)28)6-7-17(20)21(19)22(15)26/h12-22,25-26H,5-11H2,1-4H3,(H,27,28)/t12-,13+,14-,15-,16+,17-,18+,19+,20-,21+,22-,24+/m1/s1. The number of aliphatic hydroxyl groups excluding tert-OH is 2. The highest BCUT2D eigenvalue weighted by atomic mass is 16.4. The summed E-state index contributed by atoms with van der Waals surface area (Å²) in [5, 5.41) is 31.6. The van der Waals surface area contributed by atoms with Gasteiger partial charge in [-0.25, -0.2) is 0 Å². The zero-order valence-corrected chi connectivity index (χ0v) is 18.1. The van der Waals surface area contributed by atoms with Crippen molar-refractivity contribution in [1.29, 1.82) is 0 Å². The Labute approximate surface area is 170 Å². The third-order valence-corrected chi connectivity index (χ3v) is 10.2. The number of hydrogen-bond donors (Lipinski definition) is 3. The molecule has 0 heterocycles. The SMILES string of the molecule is CC[C@H]1[C@@H](O)[C@H]2[C@@H]3CC[C@@H]([C@H](C)C(=O)O)[C@H]3[C@H](C)C[C@@H]2[C@@]2(C)CC[C@@H](O)C[C@@H]12. The van der Waals surface area contributed by atoms with Gasteiger partial charge in [-0.15, -0.1) is 0 Å². The molecule has 0 aliphatic heterocycles. The van der Waals surface area contributed by atoms with Gasteiger partial charge < -0.3 is 15.3 Å². The highest BCUT2D eigenvalue weighted by Gasteiger charge is 2.63. The first-order valence-corrected chi connectivity index (χ1v) is 11.8. The third kappa shape index (κ3) is 2.88. The van der Waals surface area contributed by atoms with Gasteiger partial charge in [0.25, 0.3) is 0 Å². The van der Waals surface area contributed by atoms with Gasteiger partial charge in [0.2, 0.25) is 0 Å². The van der Waals surface area contributed by atoms with E-state index in [1.807, 2.05) is 6.92 Å². The minimum atomic E-state index is -0.663. The van der Waals surface area contributed by atoms with Crippen LogP contribution in [0.2, 0.25) is 0 Å². The molecule has 0 radical (unpaired) electrons. The fourth-order valence-corrected chi connectivity index (χ4v) is 8.88. The molecule has 160 valence electrons. The number of aliphatic hydroxyl groups is 2. The normalized spacial score (nSPS) is 54.4. The summed E-state index contributed by atoms with van der Waals surface area (Å²) in [6.07, 6.45) is 6.47. The molecular formula is C24H40O4. The average molecular weight is 393 g/mol. The fourth-order valence-electron chi connectivity index (χ4n) is 8.88. The largest absolute Gasteiger partial charge is 0.481 e. The van der Waals surface area contributed by atoms with Crippen molar-refractivity contribution >= 4 is 5.97 Å². The topological polar surface area (TPSA) is 77.8 Å². The van der Waals surface area contributed by atoms with E-state index in [4.69, 9.17) is 0 Å². The van der Waals surface area contributed by atoms with Crippen LogP contribution in [0.4, 0.5) is 0 Å². The zero-order chi connectivity index (χ0) is 20.4. The van der Waals surface area contributed by atoms with Crippen LogP contribution in [0.3, 0.4) is 0 Å². The number of aliphatic carboxylic acids is 1. The van der Waals surface area contributed by atoms with Crippen molar-refractivity contribution in [2.75, 3.05) is 0 Å². The minimum Gasteiger partial charge on any atom is -0.481 e. The van der Waals surface area contributed by atoms with Crippen molar-refractivity contribution in [3.8, 4) is 0 Å². The third-order valence-electron chi connectivity index (χ3n) is 10.2. The molecule has 4 fully saturated rings. The van der Waals surface area contributed by atoms with Gasteiger partial charge in [-0.05, 0) is 91.3 Å². The maximum atomic E-state index is 11.7. The zero-order valence-electron chi connectivity index (χ0n) is 18.1. The molecule has 0 aromatic rings. The lowest BCUT2D eigenvalue weighted by atomic mass is 9.42. The molecule has 4 rings (SSSR count). The first-order valence-electron chi connectivity index (χ1n) is 11.8. The van der Waals surface area contributed by atoms with Gasteiger partial charge in [0.05, 0.1) is 18.1 Å². The summed E-state index contributed by atoms with van der Waals surface area (Å²) < 4.78 is 0. The quantitative estimate of drug-likeness (QED) is 0.673. The monoisotopic (exact) mass is 392 g/mol. The summed E-state index contributed by atoms with van der Waals surface area (Å²) in [5.74, 6) is 2.24. The smallest absolute Gasteiger partial charge is 0.306 e. The van der Waals surface area contributed by atoms with Crippen LogP contribution in [-0.4, -0.2) is 33.5 Å². The van der Waals surface area contributed by atoms with E-state index in [9.17, 15) is 20.1 Å². The van der Waals surface area contributed by atoms with E-state index in [0.717, 1.165) is 44.9 Å². The number of carbonyl (C=O) groups is 1. The van der Waals surface area contributed by atoms with E-state index < -0.39 is 5.97 Å². The van der Waals surface area contributed by atoms with Crippen LogP contribution in [0.5, 0.6) is 0 Å². The van der Waals surface area contributed by atoms with E-state index in [2.05, 4.69) is 20.8 Å². The van der Waals surface area contributed by atoms with E-state index in [1.54, 1.807) is 0 Å². The summed E-state index contributed by atoms with van der Waals surface area (Å²) in [6, 6.07) is 0. The average Bonchev–Trinajstić information content (AvgIpc) is 3.09. The number of carboxylic acid groups (broad SMARTS) is 1. The summed E-state index contributed by atoms with van der Waals surface area (Å²) in [5.41, 5.74) is 0.208. The first kappa shape index (κ1) is 20.7. The maximum Gasteiger partial charge on any atom is 0.306 e. The second-order valence-corrected chi connectivity index (χ2v) is 11.1. The van der Waals surface area contributed by atoms with Crippen molar-refractivity contribution < 1.29 is 20.1 Å². The van der Waals surface area contributed by atoms with Crippen molar-refractivity contribution in [3.05, 3.63) is 0 Å². The summed E-state index contributed by atoms with van der Waals surface area (Å²) >= 11 is 0. The molecule has 3 N–H and O–H groups in total. The highest BCUT2D eigenvalue weighted by Crippen LogP contribution is 2.67. The molecule has 28 heavy (non-hydrogen) atoms. The lowest BCUT2D eigenvalue weighted by Gasteiger charge is -2.64. The Morgan fingerprint density at radius 3 is 2.46 bits per heavy atom. The second kappa shape index (κ2) is 7.27. The first-order chi connectivity index (χ1) is 13.2. The van der Waals surface area contributed by atoms with E-state index >= 15 is 0 Å². The Bertz CT molecular complexity index is 605. The summed E-state index contributed by atoms with van der Waals surface area (Å²) in [6.45, 7) is 8.88. The van der Waals surface area contributed by atoms with Crippen LogP contribution in [0.15, 0.2) is 0 Å². The van der Waals surface area contributed by atoms with Crippen molar-refractivity contribution in [2.45, 2.75) is 84.8 Å². The van der Waals surface area contributed by atoms with Gasteiger partial charge in [-0.3, -0.25) is 4.79 Å². The lowest BCUT2D eigenvalue weighted by molar-refractivity contribution is -0.199. The molecule has 0 amide bonds. The van der Waals surface area contributed by atoms with Crippen molar-refractivity contribution in [2.24, 2.45) is 58.7 Å². The maximum absolute atomic E-state index is 11.7. The van der Waals surface area contributed by atoms with E-state index in [-0.39, 0.29) is 35.4 Å². The summed E-state index contributed by atoms with van der Waals surface area (Å²) in [7, 11) is 0. The van der Waals surface area contributed by atoms with Crippen molar-refractivity contribution in [3.63, 3.8) is 0 Å². The minimum absolute atomic E-state index is 0.208. The molecule has 0 aromatic heterocycles. The molecule has 4 nitrogen and oxygen atoms in total. The molecule has 4 heteroatoms. The van der Waals surface area contributed by atoms with Gasteiger partial charge in [0.15, 0.2) is 0 Å². The molecule has 0 unspecified atom stereocenters.